The van der Waals surface area contributed by atoms with Crippen molar-refractivity contribution in [3.8, 4) is 11.5 Å². The topological polar surface area (TPSA) is 112 Å². The third-order valence-electron chi connectivity index (χ3n) is 5.19. The summed E-state index contributed by atoms with van der Waals surface area (Å²) in [7, 11) is 1.33. The molecule has 0 amide bonds. The predicted molar refractivity (Wildman–Crippen MR) is 119 cm³/mol. The minimum absolute atomic E-state index is 0.182. The number of rotatable bonds is 9. The van der Waals surface area contributed by atoms with Gasteiger partial charge in [-0.3, -0.25) is 0 Å². The van der Waals surface area contributed by atoms with Crippen molar-refractivity contribution in [2.24, 2.45) is 0 Å². The summed E-state index contributed by atoms with van der Waals surface area (Å²) in [6.45, 7) is 7.32. The Morgan fingerprint density at radius 1 is 1.13 bits per heavy atom. The molecular formula is C22H31N5O4. The van der Waals surface area contributed by atoms with Crippen LogP contribution in [0, 0.1) is 0 Å². The van der Waals surface area contributed by atoms with Gasteiger partial charge in [-0.25, -0.2) is 14.8 Å². The standard InChI is InChI=1S/C22H31N5O4/c1-4-30-18-10-15(11-19(21(18)23)31-5-2)14-27(16-6-8-24-9-7-16)20-13-25-17(12-26-20)22(28)29-3/h10-13,16,24H,4-9,14,23H2,1-3H3. The van der Waals surface area contributed by atoms with E-state index in [2.05, 4.69) is 20.2 Å². The zero-order valence-electron chi connectivity index (χ0n) is 18.4. The highest BCUT2D eigenvalue weighted by Gasteiger charge is 2.24. The first-order valence-corrected chi connectivity index (χ1v) is 10.6. The maximum Gasteiger partial charge on any atom is 0.358 e. The average Bonchev–Trinajstić information content (AvgIpc) is 2.81. The molecule has 3 rings (SSSR count). The molecule has 1 saturated heterocycles. The Balaban J connectivity index is 1.94. The Morgan fingerprint density at radius 3 is 2.29 bits per heavy atom. The molecule has 1 aliphatic rings. The lowest BCUT2D eigenvalue weighted by atomic mass is 10.0. The van der Waals surface area contributed by atoms with Crippen LogP contribution < -0.4 is 25.4 Å². The van der Waals surface area contributed by atoms with Gasteiger partial charge in [0, 0.05) is 12.6 Å². The molecule has 0 radical (unpaired) electrons. The van der Waals surface area contributed by atoms with Crippen molar-refractivity contribution in [3.63, 3.8) is 0 Å². The van der Waals surface area contributed by atoms with Gasteiger partial charge in [0.1, 0.15) is 23.0 Å². The Bertz CT molecular complexity index is 842. The van der Waals surface area contributed by atoms with Crippen molar-refractivity contribution in [3.05, 3.63) is 35.8 Å². The molecule has 1 aromatic heterocycles. The van der Waals surface area contributed by atoms with Gasteiger partial charge in [0.05, 0.1) is 32.7 Å². The fraction of sp³-hybridized carbons (Fsp3) is 0.500. The molecular weight excluding hydrogens is 398 g/mol. The van der Waals surface area contributed by atoms with Gasteiger partial charge in [0.15, 0.2) is 5.69 Å². The van der Waals surface area contributed by atoms with Crippen LogP contribution >= 0.6 is 0 Å². The van der Waals surface area contributed by atoms with E-state index in [1.54, 1.807) is 6.20 Å². The lowest BCUT2D eigenvalue weighted by molar-refractivity contribution is 0.0593. The van der Waals surface area contributed by atoms with Crippen molar-refractivity contribution in [2.75, 3.05) is 44.0 Å². The van der Waals surface area contributed by atoms with E-state index in [9.17, 15) is 4.79 Å². The van der Waals surface area contributed by atoms with Gasteiger partial charge in [0.25, 0.3) is 0 Å². The number of carbonyl (C=O) groups is 1. The van der Waals surface area contributed by atoms with Crippen LogP contribution in [0.15, 0.2) is 24.5 Å². The number of carbonyl (C=O) groups excluding carboxylic acids is 1. The number of nitrogens with two attached hydrogens (primary N) is 1. The summed E-state index contributed by atoms with van der Waals surface area (Å²) in [6, 6.07) is 4.18. The number of nitrogen functional groups attached to an aromatic ring is 1. The molecule has 0 saturated carbocycles. The summed E-state index contributed by atoms with van der Waals surface area (Å²) >= 11 is 0. The van der Waals surface area contributed by atoms with Crippen LogP contribution in [0.1, 0.15) is 42.7 Å². The van der Waals surface area contributed by atoms with Crippen molar-refractivity contribution in [2.45, 2.75) is 39.3 Å². The molecule has 2 aromatic rings. The van der Waals surface area contributed by atoms with Crippen molar-refractivity contribution in [1.29, 1.82) is 0 Å². The summed E-state index contributed by atoms with van der Waals surface area (Å²) in [6.07, 6.45) is 5.03. The molecule has 2 heterocycles. The Labute approximate surface area is 182 Å². The number of piperidine rings is 1. The van der Waals surface area contributed by atoms with E-state index >= 15 is 0 Å². The van der Waals surface area contributed by atoms with Gasteiger partial charge in [-0.15, -0.1) is 0 Å². The second-order valence-corrected chi connectivity index (χ2v) is 7.23. The summed E-state index contributed by atoms with van der Waals surface area (Å²) < 4.78 is 16.2. The van der Waals surface area contributed by atoms with Crippen LogP contribution in [0.4, 0.5) is 11.5 Å². The number of hydrogen-bond donors (Lipinski definition) is 2. The van der Waals surface area contributed by atoms with Crippen molar-refractivity contribution >= 4 is 17.5 Å². The Morgan fingerprint density at radius 2 is 1.77 bits per heavy atom. The molecule has 0 spiro atoms. The molecule has 1 fully saturated rings. The van der Waals surface area contributed by atoms with E-state index in [-0.39, 0.29) is 11.7 Å². The molecule has 9 heteroatoms. The second-order valence-electron chi connectivity index (χ2n) is 7.23. The fourth-order valence-corrected chi connectivity index (χ4v) is 3.69. The van der Waals surface area contributed by atoms with Gasteiger partial charge in [-0.1, -0.05) is 0 Å². The number of nitrogens with one attached hydrogen (secondary N) is 1. The molecule has 0 atom stereocenters. The second kappa shape index (κ2) is 10.8. The monoisotopic (exact) mass is 429 g/mol. The highest BCUT2D eigenvalue weighted by molar-refractivity contribution is 5.86. The summed E-state index contributed by atoms with van der Waals surface area (Å²) in [4.78, 5) is 22.7. The number of aromatic nitrogens is 2. The normalized spacial score (nSPS) is 14.2. The fourth-order valence-electron chi connectivity index (χ4n) is 3.69. The lowest BCUT2D eigenvalue weighted by Crippen LogP contribution is -2.43. The molecule has 0 unspecified atom stereocenters. The number of esters is 1. The van der Waals surface area contributed by atoms with Gasteiger partial charge < -0.3 is 30.2 Å². The van der Waals surface area contributed by atoms with E-state index < -0.39 is 5.97 Å². The molecule has 9 nitrogen and oxygen atoms in total. The predicted octanol–water partition coefficient (Wildman–Crippen LogP) is 2.40. The molecule has 168 valence electrons. The van der Waals surface area contributed by atoms with Crippen LogP contribution in [0.2, 0.25) is 0 Å². The van der Waals surface area contributed by atoms with Gasteiger partial charge in [-0.2, -0.15) is 0 Å². The van der Waals surface area contributed by atoms with E-state index in [4.69, 9.17) is 19.9 Å². The summed E-state index contributed by atoms with van der Waals surface area (Å²) in [5.41, 5.74) is 7.91. The SMILES string of the molecule is CCOc1cc(CN(c2cnc(C(=O)OC)cn2)C2CCNCC2)cc(OCC)c1N. The minimum Gasteiger partial charge on any atom is -0.492 e. The quantitative estimate of drug-likeness (QED) is 0.458. The third kappa shape index (κ3) is 5.55. The first-order valence-electron chi connectivity index (χ1n) is 10.6. The van der Waals surface area contributed by atoms with E-state index in [1.165, 1.54) is 13.3 Å². The molecule has 1 aliphatic heterocycles. The number of anilines is 2. The third-order valence-corrected chi connectivity index (χ3v) is 5.19. The molecule has 0 aliphatic carbocycles. The number of ether oxygens (including phenoxy) is 3. The summed E-state index contributed by atoms with van der Waals surface area (Å²) in [5.74, 6) is 1.42. The van der Waals surface area contributed by atoms with E-state index in [0.717, 1.165) is 31.5 Å². The number of methoxy groups -OCH3 is 1. The van der Waals surface area contributed by atoms with E-state index in [1.807, 2.05) is 26.0 Å². The van der Waals surface area contributed by atoms with Gasteiger partial charge >= 0.3 is 5.97 Å². The first kappa shape index (κ1) is 22.6. The van der Waals surface area contributed by atoms with Crippen LogP contribution in [0.5, 0.6) is 11.5 Å². The lowest BCUT2D eigenvalue weighted by Gasteiger charge is -2.35. The van der Waals surface area contributed by atoms with Crippen LogP contribution in [-0.4, -0.2) is 55.4 Å². The Kier molecular flexibility index (Phi) is 7.88. The van der Waals surface area contributed by atoms with Crippen LogP contribution in [-0.2, 0) is 11.3 Å². The largest absolute Gasteiger partial charge is 0.492 e. The van der Waals surface area contributed by atoms with Crippen molar-refractivity contribution < 1.29 is 19.0 Å². The molecule has 1 aromatic carbocycles. The smallest absolute Gasteiger partial charge is 0.358 e. The highest BCUT2D eigenvalue weighted by Crippen LogP contribution is 2.35. The number of hydrogen-bond acceptors (Lipinski definition) is 9. The number of benzene rings is 1. The molecule has 3 N–H and O–H groups in total. The average molecular weight is 430 g/mol. The van der Waals surface area contributed by atoms with Crippen molar-refractivity contribution in [1.82, 2.24) is 15.3 Å². The van der Waals surface area contributed by atoms with Gasteiger partial charge in [0.2, 0.25) is 0 Å². The molecule has 0 bridgehead atoms. The van der Waals surface area contributed by atoms with Crippen LogP contribution in [0.3, 0.4) is 0 Å². The van der Waals surface area contributed by atoms with Gasteiger partial charge in [-0.05, 0) is 57.5 Å². The zero-order chi connectivity index (χ0) is 22.2. The van der Waals surface area contributed by atoms with Crippen LogP contribution in [0.25, 0.3) is 0 Å². The molecule has 31 heavy (non-hydrogen) atoms. The zero-order valence-corrected chi connectivity index (χ0v) is 18.4. The Hall–Kier alpha value is -3.07. The highest BCUT2D eigenvalue weighted by atomic mass is 16.5. The maximum absolute atomic E-state index is 11.7. The summed E-state index contributed by atoms with van der Waals surface area (Å²) in [5, 5.41) is 3.40. The minimum atomic E-state index is -0.506. The maximum atomic E-state index is 11.7. The van der Waals surface area contributed by atoms with E-state index in [0.29, 0.717) is 42.8 Å². The number of nitrogens with zero attached hydrogens (tertiary/aromatic N) is 3. The first-order chi connectivity index (χ1) is 15.1.